The molecule has 2 N–H and O–H groups in total. The lowest BCUT2D eigenvalue weighted by Crippen LogP contribution is -2.20. The van der Waals surface area contributed by atoms with Crippen LogP contribution in [0.5, 0.6) is 0 Å². The minimum atomic E-state index is -1.22. The third kappa shape index (κ3) is 3.03. The van der Waals surface area contributed by atoms with Crippen molar-refractivity contribution >= 4 is 38.0 Å². The molecule has 1 unspecified atom stereocenters. The molecule has 0 saturated carbocycles. The summed E-state index contributed by atoms with van der Waals surface area (Å²) in [6, 6.07) is 10.4. The maximum Gasteiger partial charge on any atom is 0.250 e. The van der Waals surface area contributed by atoms with E-state index in [2.05, 4.69) is 4.98 Å². The normalized spacial score (nSPS) is 12.6. The highest BCUT2D eigenvalue weighted by molar-refractivity contribution is 7.87. The van der Waals surface area contributed by atoms with Crippen LogP contribution in [0.2, 0.25) is 0 Å². The number of nitrogen functional groups attached to an aromatic ring is 1. The molecule has 108 valence electrons. The first-order chi connectivity index (χ1) is 10.1. The van der Waals surface area contributed by atoms with Crippen molar-refractivity contribution in [1.29, 1.82) is 0 Å². The molecule has 0 bridgehead atoms. The van der Waals surface area contributed by atoms with Gasteiger partial charge in [0.05, 0.1) is 21.0 Å². The van der Waals surface area contributed by atoms with Gasteiger partial charge < -0.3 is 10.3 Å². The van der Waals surface area contributed by atoms with E-state index in [1.807, 2.05) is 12.1 Å². The summed E-state index contributed by atoms with van der Waals surface area (Å²) >= 11 is 1.38. The Hall–Kier alpha value is -1.99. The van der Waals surface area contributed by atoms with Crippen LogP contribution in [0.15, 0.2) is 51.7 Å². The predicted octanol–water partition coefficient (Wildman–Crippen LogP) is 1.85. The molecule has 7 heteroatoms. The number of rotatable bonds is 4. The zero-order valence-corrected chi connectivity index (χ0v) is 12.7. The van der Waals surface area contributed by atoms with E-state index in [4.69, 9.17) is 5.73 Å². The smallest absolute Gasteiger partial charge is 0.250 e. The third-order valence-electron chi connectivity index (χ3n) is 3.00. The second-order valence-electron chi connectivity index (χ2n) is 4.49. The molecular formula is C14H13N3O2S2. The van der Waals surface area contributed by atoms with E-state index < -0.39 is 10.8 Å². The molecule has 0 amide bonds. The van der Waals surface area contributed by atoms with Gasteiger partial charge in [0.1, 0.15) is 0 Å². The summed E-state index contributed by atoms with van der Waals surface area (Å²) in [4.78, 5) is 15.9. The number of hydrogen-bond donors (Lipinski definition) is 1. The van der Waals surface area contributed by atoms with Crippen molar-refractivity contribution < 1.29 is 4.21 Å². The minimum absolute atomic E-state index is 0.0911. The Morgan fingerprint density at radius 3 is 2.95 bits per heavy atom. The molecule has 0 fully saturated rings. The molecule has 3 aromatic rings. The molecule has 21 heavy (non-hydrogen) atoms. The van der Waals surface area contributed by atoms with E-state index in [1.54, 1.807) is 29.0 Å². The van der Waals surface area contributed by atoms with Gasteiger partial charge in [0.25, 0.3) is 5.56 Å². The first-order valence-corrected chi connectivity index (χ1v) is 8.47. The highest BCUT2D eigenvalue weighted by Crippen LogP contribution is 2.26. The van der Waals surface area contributed by atoms with Crippen LogP contribution in [0.3, 0.4) is 0 Å². The number of benzene rings is 1. The molecule has 3 rings (SSSR count). The van der Waals surface area contributed by atoms with Gasteiger partial charge in [-0.1, -0.05) is 6.07 Å². The zero-order valence-electron chi connectivity index (χ0n) is 11.1. The average Bonchev–Trinajstić information content (AvgIpc) is 2.89. The summed E-state index contributed by atoms with van der Waals surface area (Å²) in [5, 5.41) is 0. The number of hydrogen-bond acceptors (Lipinski definition) is 5. The van der Waals surface area contributed by atoms with E-state index in [9.17, 15) is 9.00 Å². The Balaban J connectivity index is 1.78. The van der Waals surface area contributed by atoms with Crippen molar-refractivity contribution in [3.63, 3.8) is 0 Å². The zero-order chi connectivity index (χ0) is 14.8. The van der Waals surface area contributed by atoms with Crippen molar-refractivity contribution in [1.82, 2.24) is 9.55 Å². The Bertz CT molecular complexity index is 870. The van der Waals surface area contributed by atoms with Crippen LogP contribution in [-0.4, -0.2) is 19.5 Å². The van der Waals surface area contributed by atoms with Crippen LogP contribution in [0.25, 0.3) is 10.2 Å². The van der Waals surface area contributed by atoms with Gasteiger partial charge in [-0.25, -0.2) is 4.98 Å². The summed E-state index contributed by atoms with van der Waals surface area (Å²) in [6.45, 7) is 0.407. The summed E-state index contributed by atoms with van der Waals surface area (Å²) in [6.07, 6.45) is 1.69. The number of fused-ring (bicyclic) bond motifs is 1. The Kier molecular flexibility index (Phi) is 3.85. The van der Waals surface area contributed by atoms with Crippen molar-refractivity contribution in [2.24, 2.45) is 0 Å². The van der Waals surface area contributed by atoms with Crippen LogP contribution in [0.4, 0.5) is 5.69 Å². The third-order valence-corrected chi connectivity index (χ3v) is 5.66. The highest BCUT2D eigenvalue weighted by Gasteiger charge is 2.11. The SMILES string of the molecule is Nc1ccc2nc(S(=O)CCn3ccccc3=O)sc2c1. The number of pyridine rings is 1. The van der Waals surface area contributed by atoms with E-state index >= 15 is 0 Å². The lowest BCUT2D eigenvalue weighted by molar-refractivity contribution is 0.668. The lowest BCUT2D eigenvalue weighted by Gasteiger charge is -2.03. The molecular weight excluding hydrogens is 306 g/mol. The van der Waals surface area contributed by atoms with E-state index in [1.165, 1.54) is 17.4 Å². The first kappa shape index (κ1) is 14.0. The lowest BCUT2D eigenvalue weighted by atomic mass is 10.3. The minimum Gasteiger partial charge on any atom is -0.399 e. The largest absolute Gasteiger partial charge is 0.399 e. The number of thiazole rings is 1. The standard InChI is InChI=1S/C14H13N3O2S2/c15-10-4-5-11-12(9-10)20-14(16-11)21(19)8-7-17-6-2-1-3-13(17)18/h1-6,9H,7-8,15H2. The highest BCUT2D eigenvalue weighted by atomic mass is 32.2. The van der Waals surface area contributed by atoms with Gasteiger partial charge >= 0.3 is 0 Å². The van der Waals surface area contributed by atoms with Gasteiger partial charge in [-0.05, 0) is 24.3 Å². The number of anilines is 1. The summed E-state index contributed by atoms with van der Waals surface area (Å²) in [5.41, 5.74) is 7.10. The summed E-state index contributed by atoms with van der Waals surface area (Å²) < 4.78 is 15.3. The van der Waals surface area contributed by atoms with Crippen molar-refractivity contribution in [2.75, 3.05) is 11.5 Å². The first-order valence-electron chi connectivity index (χ1n) is 6.33. The number of nitrogens with two attached hydrogens (primary N) is 1. The molecule has 0 aliphatic heterocycles. The molecule has 0 radical (unpaired) electrons. The molecule has 0 aliphatic rings. The second kappa shape index (κ2) is 5.79. The molecule has 0 saturated heterocycles. The maximum absolute atomic E-state index is 12.3. The monoisotopic (exact) mass is 319 g/mol. The molecule has 2 aromatic heterocycles. The van der Waals surface area contributed by atoms with Gasteiger partial charge in [-0.2, -0.15) is 0 Å². The van der Waals surface area contributed by atoms with Gasteiger partial charge in [0, 0.05) is 30.2 Å². The van der Waals surface area contributed by atoms with Gasteiger partial charge in [0.15, 0.2) is 4.34 Å². The van der Waals surface area contributed by atoms with Gasteiger partial charge in [-0.15, -0.1) is 11.3 Å². The topological polar surface area (TPSA) is 78.0 Å². The van der Waals surface area contributed by atoms with Gasteiger partial charge in [0.2, 0.25) is 0 Å². The van der Waals surface area contributed by atoms with Crippen LogP contribution >= 0.6 is 11.3 Å². The molecule has 0 spiro atoms. The second-order valence-corrected chi connectivity index (χ2v) is 7.26. The summed E-state index contributed by atoms with van der Waals surface area (Å²) in [7, 11) is -1.22. The van der Waals surface area contributed by atoms with Crippen LogP contribution in [0, 0.1) is 0 Å². The molecule has 1 atom stereocenters. The fraction of sp³-hybridized carbons (Fsp3) is 0.143. The van der Waals surface area contributed by atoms with Crippen molar-refractivity contribution in [3.8, 4) is 0 Å². The van der Waals surface area contributed by atoms with E-state index in [-0.39, 0.29) is 5.56 Å². The van der Waals surface area contributed by atoms with Crippen LogP contribution < -0.4 is 11.3 Å². The predicted molar refractivity (Wildman–Crippen MR) is 86.0 cm³/mol. The molecule has 5 nitrogen and oxygen atoms in total. The molecule has 1 aromatic carbocycles. The average molecular weight is 319 g/mol. The Morgan fingerprint density at radius 2 is 2.14 bits per heavy atom. The van der Waals surface area contributed by atoms with E-state index in [0.717, 1.165) is 10.2 Å². The Morgan fingerprint density at radius 1 is 1.29 bits per heavy atom. The fourth-order valence-corrected chi connectivity index (χ4v) is 4.31. The number of aryl methyl sites for hydroxylation is 1. The van der Waals surface area contributed by atoms with Crippen LogP contribution in [-0.2, 0) is 17.3 Å². The maximum atomic E-state index is 12.3. The number of nitrogens with zero attached hydrogens (tertiary/aromatic N) is 2. The number of aromatic nitrogens is 2. The quantitative estimate of drug-likeness (QED) is 0.744. The molecule has 0 aliphatic carbocycles. The Labute approximate surface area is 127 Å². The van der Waals surface area contributed by atoms with Crippen molar-refractivity contribution in [2.45, 2.75) is 10.9 Å². The van der Waals surface area contributed by atoms with E-state index in [0.29, 0.717) is 22.3 Å². The van der Waals surface area contributed by atoms with Crippen LogP contribution in [0.1, 0.15) is 0 Å². The molecule has 2 heterocycles. The summed E-state index contributed by atoms with van der Waals surface area (Å²) in [5.74, 6) is 0.360. The van der Waals surface area contributed by atoms with Gasteiger partial charge in [-0.3, -0.25) is 9.00 Å². The van der Waals surface area contributed by atoms with Crippen molar-refractivity contribution in [3.05, 3.63) is 52.9 Å². The fourth-order valence-electron chi connectivity index (χ4n) is 1.93.